The molecule has 1 aromatic rings. The fourth-order valence-corrected chi connectivity index (χ4v) is 2.39. The van der Waals surface area contributed by atoms with Gasteiger partial charge in [0.15, 0.2) is 0 Å². The molecule has 98 valence electrons. The van der Waals surface area contributed by atoms with Crippen molar-refractivity contribution in [2.45, 2.75) is 32.6 Å². The van der Waals surface area contributed by atoms with E-state index in [1.165, 1.54) is 5.56 Å². The monoisotopic (exact) mass is 247 g/mol. The predicted molar refractivity (Wildman–Crippen MR) is 72.8 cm³/mol. The number of anilines is 1. The summed E-state index contributed by atoms with van der Waals surface area (Å²) in [5.74, 6) is 0.179. The van der Waals surface area contributed by atoms with Gasteiger partial charge in [0.25, 0.3) is 0 Å². The summed E-state index contributed by atoms with van der Waals surface area (Å²) in [4.78, 5) is 14.2. The summed E-state index contributed by atoms with van der Waals surface area (Å²) >= 11 is 0. The number of nitrogens with zero attached hydrogens (tertiary/aromatic N) is 1. The lowest BCUT2D eigenvalue weighted by atomic mass is 10.1. The number of fused-ring (bicyclic) bond motifs is 1. The Bertz CT molecular complexity index is 403. The maximum absolute atomic E-state index is 12.2. The molecule has 0 fully saturated rings. The highest BCUT2D eigenvalue weighted by molar-refractivity contribution is 5.94. The minimum absolute atomic E-state index is 0.179. The minimum Gasteiger partial charge on any atom is -0.381 e. The van der Waals surface area contributed by atoms with E-state index < -0.39 is 0 Å². The maximum Gasteiger partial charge on any atom is 0.229 e. The van der Waals surface area contributed by atoms with E-state index in [1.807, 2.05) is 24.0 Å². The highest BCUT2D eigenvalue weighted by Gasteiger charge is 2.20. The number of para-hydroxylation sites is 1. The molecule has 0 spiro atoms. The molecule has 18 heavy (non-hydrogen) atoms. The van der Waals surface area contributed by atoms with Gasteiger partial charge in [-0.1, -0.05) is 18.2 Å². The second kappa shape index (κ2) is 6.55. The van der Waals surface area contributed by atoms with Crippen LogP contribution >= 0.6 is 0 Å². The maximum atomic E-state index is 12.2. The second-order valence-electron chi connectivity index (χ2n) is 4.58. The molecule has 0 N–H and O–H groups in total. The van der Waals surface area contributed by atoms with Crippen LogP contribution in [0.4, 0.5) is 5.69 Å². The van der Waals surface area contributed by atoms with Crippen molar-refractivity contribution in [3.63, 3.8) is 0 Å². The third kappa shape index (κ3) is 3.10. The van der Waals surface area contributed by atoms with Crippen LogP contribution in [0.1, 0.15) is 31.7 Å². The molecule has 1 aliphatic heterocycles. The molecule has 0 aliphatic carbocycles. The van der Waals surface area contributed by atoms with E-state index in [9.17, 15) is 4.79 Å². The molecular formula is C15H21NO2. The Balaban J connectivity index is 2.09. The molecule has 0 saturated carbocycles. The van der Waals surface area contributed by atoms with E-state index in [-0.39, 0.29) is 5.91 Å². The van der Waals surface area contributed by atoms with Gasteiger partial charge in [-0.2, -0.15) is 0 Å². The van der Waals surface area contributed by atoms with E-state index >= 15 is 0 Å². The average Bonchev–Trinajstić information content (AvgIpc) is 2.61. The number of carbonyl (C=O) groups is 1. The molecule has 3 nitrogen and oxygen atoms in total. The molecule has 0 unspecified atom stereocenters. The quantitative estimate of drug-likeness (QED) is 0.766. The fourth-order valence-electron chi connectivity index (χ4n) is 2.39. The summed E-state index contributed by atoms with van der Waals surface area (Å²) in [6, 6.07) is 8.24. The first-order valence-corrected chi connectivity index (χ1v) is 6.79. The fraction of sp³-hybridized carbons (Fsp3) is 0.533. The Kier molecular flexibility index (Phi) is 4.76. The van der Waals surface area contributed by atoms with Crippen LogP contribution in [0.25, 0.3) is 0 Å². The first-order valence-electron chi connectivity index (χ1n) is 6.79. The number of hydrogen-bond acceptors (Lipinski definition) is 2. The largest absolute Gasteiger partial charge is 0.381 e. The van der Waals surface area contributed by atoms with Gasteiger partial charge in [0.2, 0.25) is 5.91 Å². The van der Waals surface area contributed by atoms with Crippen molar-refractivity contribution in [2.75, 3.05) is 24.7 Å². The van der Waals surface area contributed by atoms with Crippen molar-refractivity contribution >= 4 is 11.6 Å². The van der Waals surface area contributed by atoms with Crippen LogP contribution in [0.2, 0.25) is 0 Å². The van der Waals surface area contributed by atoms with E-state index in [0.717, 1.165) is 31.5 Å². The first kappa shape index (κ1) is 13.1. The van der Waals surface area contributed by atoms with E-state index in [2.05, 4.69) is 12.1 Å². The summed E-state index contributed by atoms with van der Waals surface area (Å²) < 4.78 is 5.27. The lowest BCUT2D eigenvalue weighted by Gasteiger charge is -2.22. The van der Waals surface area contributed by atoms with Gasteiger partial charge >= 0.3 is 0 Å². The first-order chi connectivity index (χ1) is 8.83. The van der Waals surface area contributed by atoms with Gasteiger partial charge in [0.05, 0.1) is 13.0 Å². The number of rotatable bonds is 4. The van der Waals surface area contributed by atoms with Crippen LogP contribution in [0.15, 0.2) is 24.3 Å². The van der Waals surface area contributed by atoms with Crippen molar-refractivity contribution in [3.8, 4) is 0 Å². The van der Waals surface area contributed by atoms with Crippen molar-refractivity contribution in [2.24, 2.45) is 0 Å². The number of amides is 1. The summed E-state index contributed by atoms with van der Waals surface area (Å²) in [5.41, 5.74) is 2.39. The average molecular weight is 247 g/mol. The van der Waals surface area contributed by atoms with Crippen LogP contribution in [0, 0.1) is 0 Å². The minimum atomic E-state index is 0.179. The molecule has 3 heteroatoms. The molecule has 0 saturated heterocycles. The molecule has 1 aliphatic rings. The Hall–Kier alpha value is -1.35. The van der Waals surface area contributed by atoms with E-state index in [4.69, 9.17) is 4.74 Å². The topological polar surface area (TPSA) is 29.5 Å². The molecule has 0 bridgehead atoms. The lowest BCUT2D eigenvalue weighted by Crippen LogP contribution is -2.32. The summed E-state index contributed by atoms with van der Waals surface area (Å²) in [6.07, 6.45) is 3.79. The molecule has 0 aromatic heterocycles. The zero-order chi connectivity index (χ0) is 12.8. The van der Waals surface area contributed by atoms with E-state index in [0.29, 0.717) is 19.6 Å². The predicted octanol–water partition coefficient (Wildman–Crippen LogP) is 2.78. The summed E-state index contributed by atoms with van der Waals surface area (Å²) in [5, 5.41) is 0. The Morgan fingerprint density at radius 3 is 3.00 bits per heavy atom. The number of ether oxygens (including phenoxy) is 1. The molecule has 1 heterocycles. The van der Waals surface area contributed by atoms with Crippen molar-refractivity contribution < 1.29 is 9.53 Å². The van der Waals surface area contributed by atoms with Gasteiger partial charge in [-0.15, -0.1) is 0 Å². The Labute approximate surface area is 109 Å². The van der Waals surface area contributed by atoms with Crippen molar-refractivity contribution in [3.05, 3.63) is 29.8 Å². The van der Waals surface area contributed by atoms with Gasteiger partial charge in [-0.05, 0) is 37.8 Å². The van der Waals surface area contributed by atoms with Crippen molar-refractivity contribution in [1.82, 2.24) is 0 Å². The van der Waals surface area contributed by atoms with Crippen LogP contribution in [-0.2, 0) is 16.0 Å². The lowest BCUT2D eigenvalue weighted by molar-refractivity contribution is -0.119. The standard InChI is InChI=1S/C15H21NO2/c1-2-18-12-10-15(17)16-11-6-5-8-13-7-3-4-9-14(13)16/h3-4,7,9H,2,5-6,8,10-12H2,1H3. The summed E-state index contributed by atoms with van der Waals surface area (Å²) in [6.45, 7) is 3.98. The Morgan fingerprint density at radius 2 is 2.17 bits per heavy atom. The van der Waals surface area contributed by atoms with Gasteiger partial charge in [0.1, 0.15) is 0 Å². The van der Waals surface area contributed by atoms with Gasteiger partial charge in [-0.3, -0.25) is 4.79 Å². The van der Waals surface area contributed by atoms with Crippen molar-refractivity contribution in [1.29, 1.82) is 0 Å². The SMILES string of the molecule is CCOCCC(=O)N1CCCCc2ccccc21. The van der Waals surface area contributed by atoms with E-state index in [1.54, 1.807) is 0 Å². The smallest absolute Gasteiger partial charge is 0.229 e. The third-order valence-corrected chi connectivity index (χ3v) is 3.33. The molecule has 0 atom stereocenters. The second-order valence-corrected chi connectivity index (χ2v) is 4.58. The highest BCUT2D eigenvalue weighted by Crippen LogP contribution is 2.26. The molecule has 1 aromatic carbocycles. The number of carbonyl (C=O) groups excluding carboxylic acids is 1. The summed E-state index contributed by atoms with van der Waals surface area (Å²) in [7, 11) is 0. The van der Waals surface area contributed by atoms with Gasteiger partial charge < -0.3 is 9.64 Å². The van der Waals surface area contributed by atoms with Crippen LogP contribution < -0.4 is 4.90 Å². The molecule has 0 radical (unpaired) electrons. The molecular weight excluding hydrogens is 226 g/mol. The number of aryl methyl sites for hydroxylation is 1. The van der Waals surface area contributed by atoms with Gasteiger partial charge in [-0.25, -0.2) is 0 Å². The molecule has 1 amide bonds. The zero-order valence-electron chi connectivity index (χ0n) is 11.0. The number of hydrogen-bond donors (Lipinski definition) is 0. The van der Waals surface area contributed by atoms with Crippen LogP contribution in [0.3, 0.4) is 0 Å². The Morgan fingerprint density at radius 1 is 1.33 bits per heavy atom. The van der Waals surface area contributed by atoms with Crippen LogP contribution in [0.5, 0.6) is 0 Å². The normalized spacial score (nSPS) is 15.1. The third-order valence-electron chi connectivity index (χ3n) is 3.33. The van der Waals surface area contributed by atoms with Crippen LogP contribution in [-0.4, -0.2) is 25.7 Å². The molecule has 2 rings (SSSR count). The van der Waals surface area contributed by atoms with Gasteiger partial charge in [0, 0.05) is 18.8 Å². The highest BCUT2D eigenvalue weighted by atomic mass is 16.5. The zero-order valence-corrected chi connectivity index (χ0v) is 11.0. The number of benzene rings is 1.